The molecule has 0 aromatic heterocycles. The minimum Gasteiger partial charge on any atom is -0.493 e. The SMILES string of the molecule is CCOC(=O)C(F)(F)CC1=CCCc2ccc(OC)c(OC)c21. The van der Waals surface area contributed by atoms with Gasteiger partial charge >= 0.3 is 11.9 Å². The van der Waals surface area contributed by atoms with Crippen LogP contribution < -0.4 is 9.47 Å². The summed E-state index contributed by atoms with van der Waals surface area (Å²) in [5.74, 6) is -4.20. The molecule has 0 radical (unpaired) electrons. The summed E-state index contributed by atoms with van der Waals surface area (Å²) in [7, 11) is 2.96. The molecule has 0 saturated heterocycles. The van der Waals surface area contributed by atoms with Crippen molar-refractivity contribution in [3.63, 3.8) is 0 Å². The Balaban J connectivity index is 2.40. The highest BCUT2D eigenvalue weighted by molar-refractivity contribution is 5.84. The average molecular weight is 326 g/mol. The Labute approximate surface area is 134 Å². The van der Waals surface area contributed by atoms with Gasteiger partial charge in [-0.15, -0.1) is 0 Å². The lowest BCUT2D eigenvalue weighted by atomic mass is 9.86. The third kappa shape index (κ3) is 3.46. The lowest BCUT2D eigenvalue weighted by molar-refractivity contribution is -0.170. The largest absolute Gasteiger partial charge is 0.493 e. The third-order valence-corrected chi connectivity index (χ3v) is 3.74. The van der Waals surface area contributed by atoms with Crippen LogP contribution in [0, 0.1) is 0 Å². The molecular weight excluding hydrogens is 306 g/mol. The minimum absolute atomic E-state index is 0.0821. The van der Waals surface area contributed by atoms with Gasteiger partial charge in [0, 0.05) is 12.0 Å². The van der Waals surface area contributed by atoms with E-state index in [1.807, 2.05) is 6.07 Å². The molecule has 0 amide bonds. The number of halogens is 2. The first-order valence-corrected chi connectivity index (χ1v) is 7.43. The van der Waals surface area contributed by atoms with Gasteiger partial charge in [0.15, 0.2) is 11.5 Å². The van der Waals surface area contributed by atoms with Gasteiger partial charge in [0.25, 0.3) is 0 Å². The van der Waals surface area contributed by atoms with Crippen LogP contribution in [-0.4, -0.2) is 32.7 Å². The van der Waals surface area contributed by atoms with Crippen LogP contribution in [-0.2, 0) is 16.0 Å². The maximum absolute atomic E-state index is 14.1. The van der Waals surface area contributed by atoms with E-state index >= 15 is 0 Å². The first-order valence-electron chi connectivity index (χ1n) is 7.43. The zero-order chi connectivity index (χ0) is 17.0. The van der Waals surface area contributed by atoms with Gasteiger partial charge in [0.2, 0.25) is 0 Å². The van der Waals surface area contributed by atoms with Crippen molar-refractivity contribution in [1.29, 1.82) is 0 Å². The molecule has 23 heavy (non-hydrogen) atoms. The molecule has 1 aliphatic carbocycles. The molecule has 0 spiro atoms. The van der Waals surface area contributed by atoms with Crippen LogP contribution >= 0.6 is 0 Å². The standard InChI is InChI=1S/C17H20F2O4/c1-4-23-16(20)17(18,19)10-12-7-5-6-11-8-9-13(21-2)15(22-3)14(11)12/h7-9H,4-6,10H2,1-3H3. The summed E-state index contributed by atoms with van der Waals surface area (Å²) >= 11 is 0. The second kappa shape index (κ2) is 6.98. The predicted molar refractivity (Wildman–Crippen MR) is 82.0 cm³/mol. The van der Waals surface area contributed by atoms with Gasteiger partial charge in [-0.2, -0.15) is 8.78 Å². The molecule has 0 fully saturated rings. The summed E-state index contributed by atoms with van der Waals surface area (Å²) in [6.07, 6.45) is 2.36. The van der Waals surface area contributed by atoms with Crippen LogP contribution in [0.25, 0.3) is 5.57 Å². The number of hydrogen-bond acceptors (Lipinski definition) is 4. The van der Waals surface area contributed by atoms with Crippen molar-refractivity contribution in [3.05, 3.63) is 29.3 Å². The molecule has 1 aromatic carbocycles. The highest BCUT2D eigenvalue weighted by atomic mass is 19.3. The molecule has 0 unspecified atom stereocenters. The minimum atomic E-state index is -3.58. The lowest BCUT2D eigenvalue weighted by Gasteiger charge is -2.24. The number of fused-ring (bicyclic) bond motifs is 1. The topological polar surface area (TPSA) is 44.8 Å². The fraction of sp³-hybridized carbons (Fsp3) is 0.471. The Morgan fingerprint density at radius 1 is 1.26 bits per heavy atom. The summed E-state index contributed by atoms with van der Waals surface area (Å²) in [6.45, 7) is 1.41. The van der Waals surface area contributed by atoms with E-state index in [9.17, 15) is 13.6 Å². The van der Waals surface area contributed by atoms with Crippen LogP contribution in [0.1, 0.15) is 30.9 Å². The Morgan fingerprint density at radius 2 is 2.00 bits per heavy atom. The molecule has 2 rings (SSSR count). The van der Waals surface area contributed by atoms with Gasteiger partial charge in [-0.05, 0) is 37.0 Å². The highest BCUT2D eigenvalue weighted by Crippen LogP contribution is 2.44. The highest BCUT2D eigenvalue weighted by Gasteiger charge is 2.42. The Kier molecular flexibility index (Phi) is 5.23. The molecule has 0 heterocycles. The van der Waals surface area contributed by atoms with Crippen molar-refractivity contribution in [1.82, 2.24) is 0 Å². The van der Waals surface area contributed by atoms with Crippen LogP contribution in [0.4, 0.5) is 8.78 Å². The summed E-state index contributed by atoms with van der Waals surface area (Å²) in [6, 6.07) is 3.59. The number of carbonyl (C=O) groups excluding carboxylic acids is 1. The first-order chi connectivity index (χ1) is 10.9. The number of aryl methyl sites for hydroxylation is 1. The molecule has 6 heteroatoms. The predicted octanol–water partition coefficient (Wildman–Crippen LogP) is 3.62. The second-order valence-corrected chi connectivity index (χ2v) is 5.20. The Bertz CT molecular complexity index is 623. The number of benzene rings is 1. The van der Waals surface area contributed by atoms with Crippen LogP contribution in [0.3, 0.4) is 0 Å². The zero-order valence-corrected chi connectivity index (χ0v) is 13.4. The molecule has 1 aromatic rings. The van der Waals surface area contributed by atoms with Crippen LogP contribution in [0.2, 0.25) is 0 Å². The molecule has 0 atom stereocenters. The summed E-state index contributed by atoms with van der Waals surface area (Å²) in [5.41, 5.74) is 1.86. The fourth-order valence-corrected chi connectivity index (χ4v) is 2.74. The molecule has 4 nitrogen and oxygen atoms in total. The quantitative estimate of drug-likeness (QED) is 0.749. The molecule has 0 aliphatic heterocycles. The summed E-state index contributed by atoms with van der Waals surface area (Å²) in [5, 5.41) is 0. The van der Waals surface area contributed by atoms with Gasteiger partial charge in [0.05, 0.1) is 20.8 Å². The van der Waals surface area contributed by atoms with E-state index < -0.39 is 18.3 Å². The van der Waals surface area contributed by atoms with Crippen molar-refractivity contribution in [2.45, 2.75) is 32.1 Å². The number of allylic oxidation sites excluding steroid dienone is 2. The van der Waals surface area contributed by atoms with Crippen molar-refractivity contribution in [2.75, 3.05) is 20.8 Å². The van der Waals surface area contributed by atoms with Gasteiger partial charge in [-0.25, -0.2) is 4.79 Å². The van der Waals surface area contributed by atoms with Crippen molar-refractivity contribution >= 4 is 11.5 Å². The number of methoxy groups -OCH3 is 2. The monoisotopic (exact) mass is 326 g/mol. The zero-order valence-electron chi connectivity index (χ0n) is 13.4. The Morgan fingerprint density at radius 3 is 2.61 bits per heavy atom. The van der Waals surface area contributed by atoms with Crippen molar-refractivity contribution in [3.8, 4) is 11.5 Å². The molecule has 0 bridgehead atoms. The fourth-order valence-electron chi connectivity index (χ4n) is 2.74. The molecule has 1 aliphatic rings. The van der Waals surface area contributed by atoms with Gasteiger partial charge < -0.3 is 14.2 Å². The molecular formula is C17H20F2O4. The number of hydrogen-bond donors (Lipinski definition) is 0. The Hall–Kier alpha value is -2.11. The lowest BCUT2D eigenvalue weighted by Crippen LogP contribution is -2.31. The number of carbonyl (C=O) groups is 1. The maximum atomic E-state index is 14.1. The van der Waals surface area contributed by atoms with Gasteiger partial charge in [0.1, 0.15) is 0 Å². The van der Waals surface area contributed by atoms with E-state index in [1.165, 1.54) is 21.1 Å². The van der Waals surface area contributed by atoms with Gasteiger partial charge in [-0.1, -0.05) is 12.1 Å². The molecule has 0 N–H and O–H groups in total. The van der Waals surface area contributed by atoms with E-state index in [1.54, 1.807) is 12.1 Å². The second-order valence-electron chi connectivity index (χ2n) is 5.20. The third-order valence-electron chi connectivity index (χ3n) is 3.74. The van der Waals surface area contributed by atoms with E-state index in [0.717, 1.165) is 12.0 Å². The van der Waals surface area contributed by atoms with E-state index in [0.29, 0.717) is 29.1 Å². The molecule has 0 saturated carbocycles. The van der Waals surface area contributed by atoms with E-state index in [2.05, 4.69) is 4.74 Å². The van der Waals surface area contributed by atoms with Crippen LogP contribution in [0.15, 0.2) is 18.2 Å². The first kappa shape index (κ1) is 17.2. The number of esters is 1. The number of alkyl halides is 2. The smallest absolute Gasteiger partial charge is 0.377 e. The van der Waals surface area contributed by atoms with Crippen molar-refractivity contribution in [2.24, 2.45) is 0 Å². The molecule has 126 valence electrons. The average Bonchev–Trinajstić information content (AvgIpc) is 2.53. The van der Waals surface area contributed by atoms with Gasteiger partial charge in [-0.3, -0.25) is 0 Å². The maximum Gasteiger partial charge on any atom is 0.377 e. The summed E-state index contributed by atoms with van der Waals surface area (Å²) < 4.78 is 43.3. The van der Waals surface area contributed by atoms with E-state index in [4.69, 9.17) is 9.47 Å². The number of rotatable bonds is 6. The van der Waals surface area contributed by atoms with E-state index in [-0.39, 0.29) is 6.61 Å². The van der Waals surface area contributed by atoms with Crippen molar-refractivity contribution < 1.29 is 27.8 Å². The normalized spacial score (nSPS) is 13.9. The summed E-state index contributed by atoms with van der Waals surface area (Å²) in [4.78, 5) is 11.5. The number of ether oxygens (including phenoxy) is 3. The van der Waals surface area contributed by atoms with Crippen LogP contribution in [0.5, 0.6) is 11.5 Å².